The Morgan fingerprint density at radius 3 is 2.75 bits per heavy atom. The zero-order valence-corrected chi connectivity index (χ0v) is 6.84. The van der Waals surface area contributed by atoms with Crippen LogP contribution in [0.1, 0.15) is 0 Å². The number of nitrogens with zero attached hydrogens (tertiary/aromatic N) is 2. The van der Waals surface area contributed by atoms with Gasteiger partial charge in [0, 0.05) is 0 Å². The van der Waals surface area contributed by atoms with E-state index in [9.17, 15) is 0 Å². The van der Waals surface area contributed by atoms with Crippen molar-refractivity contribution < 1.29 is 4.52 Å². The van der Waals surface area contributed by atoms with Gasteiger partial charge in [-0.2, -0.15) is 4.98 Å². The highest BCUT2D eigenvalue weighted by Gasteiger charge is 2.10. The molecule has 5 nitrogen and oxygen atoms in total. The Morgan fingerprint density at radius 1 is 1.42 bits per heavy atom. The van der Waals surface area contributed by atoms with E-state index in [2.05, 4.69) is 10.1 Å². The molecule has 0 aliphatic rings. The summed E-state index contributed by atoms with van der Waals surface area (Å²) in [7, 11) is 0. The van der Waals surface area contributed by atoms with Crippen LogP contribution in [-0.4, -0.2) is 10.1 Å². The minimum Gasteiger partial charge on any atom is -0.397 e. The molecule has 0 atom stereocenters. The zero-order chi connectivity index (χ0) is 8.55. The SMILES string of the molecule is Nc1noc(-c2sccc2N)n1. The molecule has 2 heterocycles. The van der Waals surface area contributed by atoms with Gasteiger partial charge >= 0.3 is 0 Å². The van der Waals surface area contributed by atoms with Gasteiger partial charge in [0.1, 0.15) is 4.88 Å². The van der Waals surface area contributed by atoms with Crippen molar-refractivity contribution in [2.75, 3.05) is 11.5 Å². The number of anilines is 2. The lowest BCUT2D eigenvalue weighted by Gasteiger charge is -1.88. The van der Waals surface area contributed by atoms with E-state index in [1.807, 2.05) is 5.38 Å². The van der Waals surface area contributed by atoms with Crippen molar-refractivity contribution in [3.05, 3.63) is 11.4 Å². The molecule has 2 aromatic heterocycles. The fraction of sp³-hybridized carbons (Fsp3) is 0. The maximum atomic E-state index is 5.62. The van der Waals surface area contributed by atoms with Crippen molar-refractivity contribution in [3.63, 3.8) is 0 Å². The minimum atomic E-state index is 0.123. The van der Waals surface area contributed by atoms with Crippen molar-refractivity contribution in [2.24, 2.45) is 0 Å². The third-order valence-electron chi connectivity index (χ3n) is 1.33. The van der Waals surface area contributed by atoms with Gasteiger partial charge in [-0.05, 0) is 16.6 Å². The van der Waals surface area contributed by atoms with Crippen LogP contribution in [-0.2, 0) is 0 Å². The highest BCUT2D eigenvalue weighted by atomic mass is 32.1. The summed E-state index contributed by atoms with van der Waals surface area (Å²) in [6, 6.07) is 1.78. The number of thiophene rings is 1. The molecule has 2 aromatic rings. The average molecular weight is 182 g/mol. The monoisotopic (exact) mass is 182 g/mol. The van der Waals surface area contributed by atoms with Crippen LogP contribution in [0.5, 0.6) is 0 Å². The van der Waals surface area contributed by atoms with Gasteiger partial charge in [-0.25, -0.2) is 0 Å². The number of nitrogens with two attached hydrogens (primary N) is 2. The first-order valence-corrected chi connectivity index (χ1v) is 4.08. The summed E-state index contributed by atoms with van der Waals surface area (Å²) >= 11 is 1.44. The van der Waals surface area contributed by atoms with Crippen molar-refractivity contribution in [1.29, 1.82) is 0 Å². The van der Waals surface area contributed by atoms with Gasteiger partial charge in [-0.1, -0.05) is 0 Å². The van der Waals surface area contributed by atoms with Crippen LogP contribution in [0.15, 0.2) is 16.0 Å². The Hall–Kier alpha value is -1.56. The number of aromatic nitrogens is 2. The molecule has 0 saturated heterocycles. The van der Waals surface area contributed by atoms with Crippen LogP contribution < -0.4 is 11.5 Å². The Labute approximate surface area is 72.0 Å². The standard InChI is InChI=1S/C6H6N4OS/c7-3-1-2-12-4(3)5-9-6(8)10-11-5/h1-2H,7H2,(H2,8,10). The molecule has 0 amide bonds. The van der Waals surface area contributed by atoms with Crippen molar-refractivity contribution in [2.45, 2.75) is 0 Å². The molecule has 0 aromatic carbocycles. The summed E-state index contributed by atoms with van der Waals surface area (Å²) < 4.78 is 4.83. The number of nitrogen functional groups attached to an aromatic ring is 2. The molecule has 4 N–H and O–H groups in total. The van der Waals surface area contributed by atoms with E-state index in [4.69, 9.17) is 16.0 Å². The molecule has 0 aliphatic heterocycles. The quantitative estimate of drug-likeness (QED) is 0.685. The molecule has 0 fully saturated rings. The van der Waals surface area contributed by atoms with Crippen LogP contribution in [0.3, 0.4) is 0 Å². The van der Waals surface area contributed by atoms with E-state index in [0.717, 1.165) is 4.88 Å². The largest absolute Gasteiger partial charge is 0.397 e. The van der Waals surface area contributed by atoms with Gasteiger partial charge in [0.25, 0.3) is 11.8 Å². The second-order valence-corrected chi connectivity index (χ2v) is 3.08. The van der Waals surface area contributed by atoms with Gasteiger partial charge in [-0.15, -0.1) is 11.3 Å². The van der Waals surface area contributed by atoms with E-state index in [1.165, 1.54) is 11.3 Å². The van der Waals surface area contributed by atoms with Gasteiger partial charge in [0.15, 0.2) is 0 Å². The molecule has 0 aliphatic carbocycles. The highest BCUT2D eigenvalue weighted by molar-refractivity contribution is 7.14. The summed E-state index contributed by atoms with van der Waals surface area (Å²) in [6.07, 6.45) is 0. The summed E-state index contributed by atoms with van der Waals surface area (Å²) in [6.45, 7) is 0. The second-order valence-electron chi connectivity index (χ2n) is 2.16. The Kier molecular flexibility index (Phi) is 1.47. The maximum Gasteiger partial charge on any atom is 0.271 e. The number of rotatable bonds is 1. The summed E-state index contributed by atoms with van der Waals surface area (Å²) in [5.41, 5.74) is 11.5. The molecule has 12 heavy (non-hydrogen) atoms. The van der Waals surface area contributed by atoms with E-state index in [-0.39, 0.29) is 5.95 Å². The molecular formula is C6H6N4OS. The van der Waals surface area contributed by atoms with Crippen molar-refractivity contribution in [3.8, 4) is 10.8 Å². The first-order valence-electron chi connectivity index (χ1n) is 3.20. The summed E-state index contributed by atoms with van der Waals surface area (Å²) in [5.74, 6) is 0.498. The van der Waals surface area contributed by atoms with Crippen LogP contribution in [0.2, 0.25) is 0 Å². The first kappa shape index (κ1) is 7.11. The van der Waals surface area contributed by atoms with Crippen LogP contribution in [0.25, 0.3) is 10.8 Å². The average Bonchev–Trinajstić information content (AvgIpc) is 2.58. The lowest BCUT2D eigenvalue weighted by molar-refractivity contribution is 0.434. The topological polar surface area (TPSA) is 91.0 Å². The molecule has 0 spiro atoms. The molecule has 2 rings (SSSR count). The van der Waals surface area contributed by atoms with Crippen LogP contribution in [0.4, 0.5) is 11.6 Å². The van der Waals surface area contributed by atoms with Crippen LogP contribution >= 0.6 is 11.3 Å². The molecule has 0 bridgehead atoms. The van der Waals surface area contributed by atoms with Gasteiger partial charge in [0.05, 0.1) is 5.69 Å². The third-order valence-corrected chi connectivity index (χ3v) is 2.25. The molecule has 0 unspecified atom stereocenters. The predicted octanol–water partition coefficient (Wildman–Crippen LogP) is 0.962. The Bertz CT molecular complexity index is 394. The summed E-state index contributed by atoms with van der Waals surface area (Å²) in [5, 5.41) is 5.31. The maximum absolute atomic E-state index is 5.62. The fourth-order valence-corrected chi connectivity index (χ4v) is 1.56. The van der Waals surface area contributed by atoms with Gasteiger partial charge in [0.2, 0.25) is 0 Å². The van der Waals surface area contributed by atoms with Crippen LogP contribution in [0, 0.1) is 0 Å². The van der Waals surface area contributed by atoms with E-state index >= 15 is 0 Å². The third kappa shape index (κ3) is 1.02. The summed E-state index contributed by atoms with van der Waals surface area (Å²) in [4.78, 5) is 4.61. The minimum absolute atomic E-state index is 0.123. The van der Waals surface area contributed by atoms with Gasteiger partial charge in [-0.3, -0.25) is 0 Å². The molecular weight excluding hydrogens is 176 g/mol. The van der Waals surface area contributed by atoms with Crippen molar-refractivity contribution >= 4 is 23.0 Å². The first-order chi connectivity index (χ1) is 5.77. The molecule has 0 saturated carbocycles. The fourth-order valence-electron chi connectivity index (χ4n) is 0.820. The highest BCUT2D eigenvalue weighted by Crippen LogP contribution is 2.29. The molecule has 62 valence electrons. The second kappa shape index (κ2) is 2.49. The predicted molar refractivity (Wildman–Crippen MR) is 46.4 cm³/mol. The lowest BCUT2D eigenvalue weighted by Crippen LogP contribution is -1.86. The smallest absolute Gasteiger partial charge is 0.271 e. The number of hydrogen-bond donors (Lipinski definition) is 2. The normalized spacial score (nSPS) is 10.3. The molecule has 0 radical (unpaired) electrons. The van der Waals surface area contributed by atoms with E-state index in [0.29, 0.717) is 11.6 Å². The van der Waals surface area contributed by atoms with Crippen molar-refractivity contribution in [1.82, 2.24) is 10.1 Å². The molecule has 6 heteroatoms. The van der Waals surface area contributed by atoms with E-state index in [1.54, 1.807) is 6.07 Å². The Balaban J connectivity index is 2.50. The van der Waals surface area contributed by atoms with E-state index < -0.39 is 0 Å². The Morgan fingerprint density at radius 2 is 2.25 bits per heavy atom. The van der Waals surface area contributed by atoms with Gasteiger partial charge < -0.3 is 16.0 Å². The lowest BCUT2D eigenvalue weighted by atomic mass is 10.4. The number of hydrogen-bond acceptors (Lipinski definition) is 6. The zero-order valence-electron chi connectivity index (χ0n) is 6.02.